The highest BCUT2D eigenvalue weighted by atomic mass is 19.4. The van der Waals surface area contributed by atoms with E-state index in [1.54, 1.807) is 31.2 Å². The van der Waals surface area contributed by atoms with E-state index in [1.807, 2.05) is 0 Å². The van der Waals surface area contributed by atoms with Crippen LogP contribution in [0, 0.1) is 0 Å². The molecule has 0 radical (unpaired) electrons. The number of likely N-dealkylation sites (N-methyl/N-ethyl adjacent to an activating group) is 1. The molecule has 1 aromatic rings. The van der Waals surface area contributed by atoms with Crippen molar-refractivity contribution in [2.45, 2.75) is 31.6 Å². The van der Waals surface area contributed by atoms with E-state index in [1.165, 1.54) is 6.07 Å². The van der Waals surface area contributed by atoms with Crippen molar-refractivity contribution in [3.05, 3.63) is 29.3 Å². The van der Waals surface area contributed by atoms with Crippen molar-refractivity contribution in [3.63, 3.8) is 0 Å². The summed E-state index contributed by atoms with van der Waals surface area (Å²) in [6.07, 6.45) is -2.23. The molecule has 0 aromatic heterocycles. The zero-order valence-corrected chi connectivity index (χ0v) is 12.3. The van der Waals surface area contributed by atoms with Crippen LogP contribution in [0.3, 0.4) is 0 Å². The van der Waals surface area contributed by atoms with Gasteiger partial charge < -0.3 is 15.0 Å². The molecule has 0 heterocycles. The molecule has 0 aliphatic heterocycles. The van der Waals surface area contributed by atoms with Gasteiger partial charge in [0.15, 0.2) is 0 Å². The van der Waals surface area contributed by atoms with E-state index in [2.05, 4.69) is 5.32 Å². The number of anilines is 1. The Balaban J connectivity index is 2.17. The maximum absolute atomic E-state index is 13.2. The third-order valence-corrected chi connectivity index (χ3v) is 3.63. The average molecular weight is 302 g/mol. The number of halogens is 3. The Morgan fingerprint density at radius 3 is 2.62 bits per heavy atom. The van der Waals surface area contributed by atoms with Gasteiger partial charge in [0.2, 0.25) is 0 Å². The smallest absolute Gasteiger partial charge is 0.383 e. The molecule has 0 amide bonds. The van der Waals surface area contributed by atoms with Crippen molar-refractivity contribution in [1.82, 2.24) is 5.32 Å². The normalized spacial score (nSPS) is 15.3. The van der Waals surface area contributed by atoms with Gasteiger partial charge in [0.05, 0.1) is 12.2 Å². The number of nitrogens with zero attached hydrogens (tertiary/aromatic N) is 1. The van der Waals surface area contributed by atoms with Crippen LogP contribution < -0.4 is 10.2 Å². The monoisotopic (exact) mass is 302 g/mol. The summed E-state index contributed by atoms with van der Waals surface area (Å²) in [6.45, 7) is 1.29. The van der Waals surface area contributed by atoms with Crippen LogP contribution in [-0.2, 0) is 17.5 Å². The molecular formula is C15H21F3N2O. The highest BCUT2D eigenvalue weighted by Gasteiger charge is 2.34. The van der Waals surface area contributed by atoms with E-state index in [9.17, 15) is 13.2 Å². The molecule has 3 nitrogen and oxygen atoms in total. The zero-order valence-electron chi connectivity index (χ0n) is 12.3. The number of rotatable bonds is 7. The highest BCUT2D eigenvalue weighted by molar-refractivity contribution is 5.51. The molecule has 21 heavy (non-hydrogen) atoms. The van der Waals surface area contributed by atoms with Crippen LogP contribution in [0.15, 0.2) is 18.2 Å². The van der Waals surface area contributed by atoms with Crippen molar-refractivity contribution >= 4 is 5.69 Å². The Kier molecular flexibility index (Phi) is 5.11. The molecule has 1 N–H and O–H groups in total. The molecule has 1 aliphatic rings. The number of methoxy groups -OCH3 is 1. The maximum atomic E-state index is 13.2. The lowest BCUT2D eigenvalue weighted by molar-refractivity contribution is -0.138. The average Bonchev–Trinajstić information content (AvgIpc) is 3.25. The summed E-state index contributed by atoms with van der Waals surface area (Å²) in [5, 5.41) is 3.13. The lowest BCUT2D eigenvalue weighted by Gasteiger charge is -2.22. The second-order valence-corrected chi connectivity index (χ2v) is 5.41. The minimum absolute atomic E-state index is 0.265. The fourth-order valence-electron chi connectivity index (χ4n) is 2.12. The molecule has 0 spiro atoms. The molecule has 1 aliphatic carbocycles. The van der Waals surface area contributed by atoms with Crippen LogP contribution in [0.2, 0.25) is 0 Å². The molecule has 1 aromatic carbocycles. The number of alkyl halides is 3. The van der Waals surface area contributed by atoms with E-state index in [0.717, 1.165) is 12.8 Å². The summed E-state index contributed by atoms with van der Waals surface area (Å²) in [4.78, 5) is 1.76. The van der Waals surface area contributed by atoms with E-state index in [0.29, 0.717) is 30.4 Å². The minimum Gasteiger partial charge on any atom is -0.383 e. The highest BCUT2D eigenvalue weighted by Crippen LogP contribution is 2.35. The molecule has 0 bridgehead atoms. The molecular weight excluding hydrogens is 281 g/mol. The molecule has 118 valence electrons. The van der Waals surface area contributed by atoms with Crippen LogP contribution in [0.4, 0.5) is 18.9 Å². The van der Waals surface area contributed by atoms with E-state index in [4.69, 9.17) is 4.74 Å². The summed E-state index contributed by atoms with van der Waals surface area (Å²) < 4.78 is 44.6. The number of nitrogens with one attached hydrogen (secondary N) is 1. The Labute approximate surface area is 123 Å². The van der Waals surface area contributed by atoms with Gasteiger partial charge in [0, 0.05) is 39.0 Å². The Bertz CT molecular complexity index is 472. The molecule has 0 saturated heterocycles. The van der Waals surface area contributed by atoms with Crippen molar-refractivity contribution in [3.8, 4) is 0 Å². The van der Waals surface area contributed by atoms with Crippen LogP contribution >= 0.6 is 0 Å². The second-order valence-electron chi connectivity index (χ2n) is 5.41. The summed E-state index contributed by atoms with van der Waals surface area (Å²) >= 11 is 0. The maximum Gasteiger partial charge on any atom is 0.416 e. The zero-order chi connectivity index (χ0) is 15.5. The van der Waals surface area contributed by atoms with Gasteiger partial charge in [-0.2, -0.15) is 13.2 Å². The number of ether oxygens (including phenoxy) is 1. The van der Waals surface area contributed by atoms with Gasteiger partial charge in [-0.3, -0.25) is 0 Å². The molecule has 2 rings (SSSR count). The van der Waals surface area contributed by atoms with Crippen molar-refractivity contribution in [1.29, 1.82) is 0 Å². The van der Waals surface area contributed by atoms with Crippen molar-refractivity contribution in [2.75, 3.05) is 32.2 Å². The Morgan fingerprint density at radius 1 is 1.33 bits per heavy atom. The predicted octanol–water partition coefficient (Wildman–Crippen LogP) is 3.04. The van der Waals surface area contributed by atoms with Crippen LogP contribution in [0.1, 0.15) is 24.0 Å². The van der Waals surface area contributed by atoms with Gasteiger partial charge in [0.1, 0.15) is 0 Å². The first-order valence-corrected chi connectivity index (χ1v) is 7.05. The summed E-state index contributed by atoms with van der Waals surface area (Å²) in [5.74, 6) is 0. The largest absolute Gasteiger partial charge is 0.416 e. The van der Waals surface area contributed by atoms with Gasteiger partial charge >= 0.3 is 6.18 Å². The third-order valence-electron chi connectivity index (χ3n) is 3.63. The number of hydrogen-bond donors (Lipinski definition) is 1. The molecule has 0 unspecified atom stereocenters. The van der Waals surface area contributed by atoms with Gasteiger partial charge in [-0.1, -0.05) is 6.07 Å². The summed E-state index contributed by atoms with van der Waals surface area (Å²) in [5.41, 5.74) is 0.297. The SMILES string of the molecule is COCCN(C)c1ccc(CNC2CC2)c(C(F)(F)F)c1. The predicted molar refractivity (Wildman–Crippen MR) is 76.5 cm³/mol. The standard InChI is InChI=1S/C15H21F3N2O/c1-20(7-8-21-2)13-6-3-11(10-19-12-4-5-12)14(9-13)15(16,17)18/h3,6,9,12,19H,4-5,7-8,10H2,1-2H3. The Hall–Kier alpha value is -1.27. The van der Waals surface area contributed by atoms with Gasteiger partial charge in [-0.25, -0.2) is 0 Å². The second kappa shape index (κ2) is 6.66. The van der Waals surface area contributed by atoms with Gasteiger partial charge in [0.25, 0.3) is 0 Å². The summed E-state index contributed by atoms with van der Waals surface area (Å²) in [6, 6.07) is 4.90. The first-order valence-electron chi connectivity index (χ1n) is 7.05. The van der Waals surface area contributed by atoms with Gasteiger partial charge in [-0.05, 0) is 30.5 Å². The topological polar surface area (TPSA) is 24.5 Å². The van der Waals surface area contributed by atoms with Gasteiger partial charge in [-0.15, -0.1) is 0 Å². The quantitative estimate of drug-likeness (QED) is 0.838. The van der Waals surface area contributed by atoms with E-state index in [-0.39, 0.29) is 6.54 Å². The third kappa shape index (κ3) is 4.61. The molecule has 1 saturated carbocycles. The fraction of sp³-hybridized carbons (Fsp3) is 0.600. The molecule has 1 fully saturated rings. The van der Waals surface area contributed by atoms with Crippen LogP contribution in [0.25, 0.3) is 0 Å². The van der Waals surface area contributed by atoms with E-state index < -0.39 is 11.7 Å². The lowest BCUT2D eigenvalue weighted by Crippen LogP contribution is -2.24. The van der Waals surface area contributed by atoms with Crippen molar-refractivity contribution in [2.24, 2.45) is 0 Å². The lowest BCUT2D eigenvalue weighted by atomic mass is 10.1. The number of benzene rings is 1. The van der Waals surface area contributed by atoms with Crippen molar-refractivity contribution < 1.29 is 17.9 Å². The first kappa shape index (κ1) is 16.1. The molecule has 0 atom stereocenters. The molecule has 6 heteroatoms. The first-order chi connectivity index (χ1) is 9.91. The number of hydrogen-bond acceptors (Lipinski definition) is 3. The van der Waals surface area contributed by atoms with Crippen LogP contribution in [-0.4, -0.2) is 33.4 Å². The fourth-order valence-corrected chi connectivity index (χ4v) is 2.12. The Morgan fingerprint density at radius 2 is 2.05 bits per heavy atom. The summed E-state index contributed by atoms with van der Waals surface area (Å²) in [7, 11) is 3.33. The van der Waals surface area contributed by atoms with E-state index >= 15 is 0 Å². The van der Waals surface area contributed by atoms with Crippen LogP contribution in [0.5, 0.6) is 0 Å². The minimum atomic E-state index is -4.33.